The summed E-state index contributed by atoms with van der Waals surface area (Å²) in [6.45, 7) is 1.48. The Morgan fingerprint density at radius 1 is 1.11 bits per heavy atom. The molecule has 2 rings (SSSR count). The molecule has 2 saturated heterocycles. The zero-order chi connectivity index (χ0) is 14.0. The van der Waals surface area contributed by atoms with Gasteiger partial charge in [0.1, 0.15) is 6.04 Å². The van der Waals surface area contributed by atoms with E-state index < -0.39 is 24.0 Å². The number of halogens is 3. The Labute approximate surface area is 108 Å². The molecule has 2 amide bonds. The van der Waals surface area contributed by atoms with Gasteiger partial charge in [-0.3, -0.25) is 9.59 Å². The van der Waals surface area contributed by atoms with Gasteiger partial charge in [-0.2, -0.15) is 13.2 Å². The highest BCUT2D eigenvalue weighted by molar-refractivity contribution is 5.90. The van der Waals surface area contributed by atoms with Crippen molar-refractivity contribution in [2.45, 2.75) is 25.1 Å². The first-order chi connectivity index (χ1) is 8.91. The quantitative estimate of drug-likeness (QED) is 0.698. The Bertz CT molecular complexity index is 367. The number of amides is 2. The van der Waals surface area contributed by atoms with Gasteiger partial charge in [-0.25, -0.2) is 0 Å². The minimum absolute atomic E-state index is 0.0148. The summed E-state index contributed by atoms with van der Waals surface area (Å²) in [4.78, 5) is 25.5. The molecule has 19 heavy (non-hydrogen) atoms. The van der Waals surface area contributed by atoms with E-state index in [0.717, 1.165) is 0 Å². The molecule has 0 N–H and O–H groups in total. The third-order valence-corrected chi connectivity index (χ3v) is 3.36. The van der Waals surface area contributed by atoms with Gasteiger partial charge in [0.25, 0.3) is 0 Å². The van der Waals surface area contributed by atoms with Crippen molar-refractivity contribution in [2.75, 3.05) is 32.8 Å². The molecule has 108 valence electrons. The fraction of sp³-hybridized carbons (Fsp3) is 0.818. The molecule has 0 bridgehead atoms. The number of likely N-dealkylation sites (tertiary alicyclic amines) is 1. The average Bonchev–Trinajstić information content (AvgIpc) is 2.85. The summed E-state index contributed by atoms with van der Waals surface area (Å²) in [6.07, 6.45) is -4.21. The normalized spacial score (nSPS) is 24.7. The molecule has 1 atom stereocenters. The van der Waals surface area contributed by atoms with Gasteiger partial charge in [0, 0.05) is 19.6 Å². The Kier molecular flexibility index (Phi) is 3.98. The number of hydrogen-bond acceptors (Lipinski definition) is 3. The average molecular weight is 280 g/mol. The van der Waals surface area contributed by atoms with Gasteiger partial charge in [0.15, 0.2) is 0 Å². The van der Waals surface area contributed by atoms with Gasteiger partial charge < -0.3 is 14.5 Å². The molecule has 2 aliphatic heterocycles. The molecule has 2 heterocycles. The number of alkyl halides is 3. The van der Waals surface area contributed by atoms with Crippen LogP contribution in [0, 0.1) is 0 Å². The molecule has 0 saturated carbocycles. The third-order valence-electron chi connectivity index (χ3n) is 3.36. The molecule has 0 aromatic carbocycles. The number of carbonyl (C=O) groups is 2. The van der Waals surface area contributed by atoms with Crippen LogP contribution >= 0.6 is 0 Å². The standard InChI is InChI=1S/C11H15F3N2O3/c12-11(13,14)10(18)16-3-1-2-8(16)9(17)15-4-6-19-7-5-15/h8H,1-7H2. The van der Waals surface area contributed by atoms with Crippen molar-refractivity contribution < 1.29 is 27.5 Å². The summed E-state index contributed by atoms with van der Waals surface area (Å²) >= 11 is 0. The topological polar surface area (TPSA) is 49.9 Å². The molecule has 0 aliphatic carbocycles. The summed E-state index contributed by atoms with van der Waals surface area (Å²) in [7, 11) is 0. The van der Waals surface area contributed by atoms with Crippen molar-refractivity contribution in [3.63, 3.8) is 0 Å². The second-order valence-electron chi connectivity index (χ2n) is 4.59. The van der Waals surface area contributed by atoms with E-state index in [-0.39, 0.29) is 13.0 Å². The number of rotatable bonds is 1. The molecule has 2 fully saturated rings. The minimum Gasteiger partial charge on any atom is -0.378 e. The molecule has 8 heteroatoms. The van der Waals surface area contributed by atoms with E-state index in [4.69, 9.17) is 4.74 Å². The molecule has 5 nitrogen and oxygen atoms in total. The van der Waals surface area contributed by atoms with Gasteiger partial charge in [-0.1, -0.05) is 0 Å². The second-order valence-corrected chi connectivity index (χ2v) is 4.59. The molecule has 2 aliphatic rings. The van der Waals surface area contributed by atoms with Crippen molar-refractivity contribution in [3.05, 3.63) is 0 Å². The highest BCUT2D eigenvalue weighted by atomic mass is 19.4. The Balaban J connectivity index is 2.05. The van der Waals surface area contributed by atoms with Gasteiger partial charge in [0.05, 0.1) is 13.2 Å². The number of nitrogens with zero attached hydrogens (tertiary/aromatic N) is 2. The summed E-state index contributed by atoms with van der Waals surface area (Å²) in [5, 5.41) is 0. The smallest absolute Gasteiger partial charge is 0.378 e. The largest absolute Gasteiger partial charge is 0.471 e. The summed E-state index contributed by atoms with van der Waals surface area (Å²) < 4.78 is 42.4. The first-order valence-corrected chi connectivity index (χ1v) is 6.15. The van der Waals surface area contributed by atoms with Crippen LogP contribution in [0.5, 0.6) is 0 Å². The van der Waals surface area contributed by atoms with Crippen molar-refractivity contribution in [2.24, 2.45) is 0 Å². The number of carbonyl (C=O) groups excluding carboxylic acids is 2. The number of hydrogen-bond donors (Lipinski definition) is 0. The highest BCUT2D eigenvalue weighted by Gasteiger charge is 2.48. The van der Waals surface area contributed by atoms with Crippen molar-refractivity contribution >= 4 is 11.8 Å². The van der Waals surface area contributed by atoms with Crippen molar-refractivity contribution in [1.82, 2.24) is 9.80 Å². The summed E-state index contributed by atoms with van der Waals surface area (Å²) in [5.41, 5.74) is 0. The lowest BCUT2D eigenvalue weighted by Gasteiger charge is -2.32. The number of ether oxygens (including phenoxy) is 1. The van der Waals surface area contributed by atoms with Crippen LogP contribution in [-0.2, 0) is 14.3 Å². The van der Waals surface area contributed by atoms with E-state index in [0.29, 0.717) is 37.6 Å². The van der Waals surface area contributed by atoms with Crippen LogP contribution < -0.4 is 0 Å². The second kappa shape index (κ2) is 5.36. The van der Waals surface area contributed by atoms with E-state index in [1.165, 1.54) is 4.90 Å². The lowest BCUT2D eigenvalue weighted by Crippen LogP contribution is -2.53. The van der Waals surface area contributed by atoms with Crippen LogP contribution in [0.2, 0.25) is 0 Å². The van der Waals surface area contributed by atoms with Crippen LogP contribution in [0.15, 0.2) is 0 Å². The Morgan fingerprint density at radius 3 is 2.32 bits per heavy atom. The van der Waals surface area contributed by atoms with Gasteiger partial charge in [-0.15, -0.1) is 0 Å². The molecule has 1 unspecified atom stereocenters. The van der Waals surface area contributed by atoms with E-state index in [1.54, 1.807) is 0 Å². The maximum Gasteiger partial charge on any atom is 0.471 e. The zero-order valence-corrected chi connectivity index (χ0v) is 10.3. The fourth-order valence-electron chi connectivity index (χ4n) is 2.42. The van der Waals surface area contributed by atoms with Crippen LogP contribution in [0.1, 0.15) is 12.8 Å². The Hall–Kier alpha value is -1.31. The van der Waals surface area contributed by atoms with E-state index in [2.05, 4.69) is 0 Å². The molecule has 0 radical (unpaired) electrons. The molecular weight excluding hydrogens is 265 g/mol. The lowest BCUT2D eigenvalue weighted by molar-refractivity contribution is -0.187. The van der Waals surface area contributed by atoms with Crippen LogP contribution in [0.25, 0.3) is 0 Å². The van der Waals surface area contributed by atoms with Crippen molar-refractivity contribution in [1.29, 1.82) is 0 Å². The summed E-state index contributed by atoms with van der Waals surface area (Å²) in [6, 6.07) is -0.979. The summed E-state index contributed by atoms with van der Waals surface area (Å²) in [5.74, 6) is -2.32. The van der Waals surface area contributed by atoms with Crippen LogP contribution in [0.4, 0.5) is 13.2 Å². The predicted molar refractivity (Wildman–Crippen MR) is 58.2 cm³/mol. The maximum atomic E-state index is 12.4. The van der Waals surface area contributed by atoms with Crippen LogP contribution in [0.3, 0.4) is 0 Å². The molecular formula is C11H15F3N2O3. The maximum absolute atomic E-state index is 12.4. The third kappa shape index (κ3) is 2.99. The fourth-order valence-corrected chi connectivity index (χ4v) is 2.42. The predicted octanol–water partition coefficient (Wildman–Crippen LogP) is 0.399. The highest BCUT2D eigenvalue weighted by Crippen LogP contribution is 2.26. The molecule has 0 spiro atoms. The minimum atomic E-state index is -4.92. The first kappa shape index (κ1) is 14.1. The van der Waals surface area contributed by atoms with E-state index in [1.807, 2.05) is 0 Å². The monoisotopic (exact) mass is 280 g/mol. The van der Waals surface area contributed by atoms with Gasteiger partial charge in [-0.05, 0) is 12.8 Å². The van der Waals surface area contributed by atoms with Crippen molar-refractivity contribution in [3.8, 4) is 0 Å². The molecule has 0 aromatic heterocycles. The van der Waals surface area contributed by atoms with E-state index in [9.17, 15) is 22.8 Å². The molecule has 0 aromatic rings. The first-order valence-electron chi connectivity index (χ1n) is 6.15. The van der Waals surface area contributed by atoms with E-state index >= 15 is 0 Å². The number of morpholine rings is 1. The zero-order valence-electron chi connectivity index (χ0n) is 10.3. The lowest BCUT2D eigenvalue weighted by atomic mass is 10.2. The van der Waals surface area contributed by atoms with Gasteiger partial charge >= 0.3 is 12.1 Å². The SMILES string of the molecule is O=C(C1CCCN1C(=O)C(F)(F)F)N1CCOCC1. The Morgan fingerprint density at radius 2 is 1.74 bits per heavy atom. The van der Waals surface area contributed by atoms with Crippen LogP contribution in [-0.4, -0.2) is 66.7 Å². The van der Waals surface area contributed by atoms with Gasteiger partial charge in [0.2, 0.25) is 5.91 Å².